The highest BCUT2D eigenvalue weighted by molar-refractivity contribution is 5.23. The van der Waals surface area contributed by atoms with Crippen molar-refractivity contribution in [1.82, 2.24) is 0 Å². The second-order valence-corrected chi connectivity index (χ2v) is 2.32. The number of benzene rings is 1. The predicted molar refractivity (Wildman–Crippen MR) is 50.6 cm³/mol. The first kappa shape index (κ1) is 11.1. The van der Waals surface area contributed by atoms with Crippen LogP contribution in [0, 0.1) is 6.92 Å². The highest BCUT2D eigenvalue weighted by atomic mass is 19.1. The molecule has 0 heterocycles. The number of hydrogen-bond donors (Lipinski definition) is 1. The normalized spacial score (nSPS) is 11.4. The van der Waals surface area contributed by atoms with Gasteiger partial charge in [-0.3, -0.25) is 5.73 Å². The van der Waals surface area contributed by atoms with Crippen LogP contribution in [0.15, 0.2) is 24.3 Å². The standard InChI is InChI=1S/C8H10FN.C2H6/c1-6-3-2-4-7(5-6)8(9)10;1-2/h2-5,8H,10H2,1H3;1-2H3. The molecule has 0 bridgehead atoms. The van der Waals surface area contributed by atoms with E-state index in [9.17, 15) is 4.39 Å². The van der Waals surface area contributed by atoms with Crippen LogP contribution in [-0.4, -0.2) is 0 Å². The van der Waals surface area contributed by atoms with Crippen molar-refractivity contribution in [3.63, 3.8) is 0 Å². The Kier molecular flexibility index (Phi) is 5.30. The molecule has 0 aliphatic rings. The summed E-state index contributed by atoms with van der Waals surface area (Å²) in [5.74, 6) is 0. The second kappa shape index (κ2) is 5.72. The van der Waals surface area contributed by atoms with Crippen LogP contribution >= 0.6 is 0 Å². The van der Waals surface area contributed by atoms with Crippen LogP contribution in [0.3, 0.4) is 0 Å². The van der Waals surface area contributed by atoms with Crippen molar-refractivity contribution in [2.45, 2.75) is 27.1 Å². The summed E-state index contributed by atoms with van der Waals surface area (Å²) in [5.41, 5.74) is 6.59. The number of alkyl halides is 1. The molecule has 0 aliphatic heterocycles. The zero-order chi connectivity index (χ0) is 9.56. The molecule has 0 radical (unpaired) electrons. The first-order valence-electron chi connectivity index (χ1n) is 4.16. The third kappa shape index (κ3) is 3.49. The van der Waals surface area contributed by atoms with Crippen molar-refractivity contribution in [1.29, 1.82) is 0 Å². The number of nitrogens with two attached hydrogens (primary N) is 1. The molecular formula is C10H16FN. The third-order valence-electron chi connectivity index (χ3n) is 1.36. The first-order valence-corrected chi connectivity index (χ1v) is 4.16. The quantitative estimate of drug-likeness (QED) is 0.643. The molecule has 1 nitrogen and oxygen atoms in total. The maximum Gasteiger partial charge on any atom is 0.174 e. The summed E-state index contributed by atoms with van der Waals surface area (Å²) in [6.45, 7) is 5.91. The molecular weight excluding hydrogens is 153 g/mol. The van der Waals surface area contributed by atoms with E-state index in [2.05, 4.69) is 0 Å². The van der Waals surface area contributed by atoms with Gasteiger partial charge in [0, 0.05) is 5.56 Å². The Balaban J connectivity index is 0.000000561. The Hall–Kier alpha value is -0.890. The summed E-state index contributed by atoms with van der Waals surface area (Å²) in [7, 11) is 0. The van der Waals surface area contributed by atoms with Crippen LogP contribution in [0.2, 0.25) is 0 Å². The predicted octanol–water partition coefficient (Wildman–Crippen LogP) is 2.95. The van der Waals surface area contributed by atoms with Crippen molar-refractivity contribution in [3.05, 3.63) is 35.4 Å². The molecule has 68 valence electrons. The molecule has 0 saturated heterocycles. The lowest BCUT2D eigenvalue weighted by Gasteiger charge is -2.01. The highest BCUT2D eigenvalue weighted by Crippen LogP contribution is 2.11. The average Bonchev–Trinajstić information content (AvgIpc) is 2.08. The van der Waals surface area contributed by atoms with E-state index < -0.39 is 6.30 Å². The van der Waals surface area contributed by atoms with Crippen LogP contribution in [0.4, 0.5) is 4.39 Å². The van der Waals surface area contributed by atoms with Gasteiger partial charge in [0.25, 0.3) is 0 Å². The summed E-state index contributed by atoms with van der Waals surface area (Å²) in [6.07, 6.45) is -1.35. The molecule has 0 aliphatic carbocycles. The van der Waals surface area contributed by atoms with Crippen molar-refractivity contribution in [2.24, 2.45) is 5.73 Å². The lowest BCUT2D eigenvalue weighted by atomic mass is 10.1. The van der Waals surface area contributed by atoms with Crippen LogP contribution in [-0.2, 0) is 0 Å². The number of aryl methyl sites for hydroxylation is 1. The Bertz CT molecular complexity index is 221. The SMILES string of the molecule is CC.Cc1cccc(C(N)F)c1. The van der Waals surface area contributed by atoms with Gasteiger partial charge in [0.05, 0.1) is 0 Å². The van der Waals surface area contributed by atoms with E-state index in [0.717, 1.165) is 5.56 Å². The summed E-state index contributed by atoms with van der Waals surface area (Å²) in [5, 5.41) is 0. The van der Waals surface area contributed by atoms with Gasteiger partial charge in [0.2, 0.25) is 0 Å². The Morgan fingerprint density at radius 1 is 1.33 bits per heavy atom. The third-order valence-corrected chi connectivity index (χ3v) is 1.36. The molecule has 1 atom stereocenters. The number of halogens is 1. The Morgan fingerprint density at radius 3 is 2.25 bits per heavy atom. The van der Waals surface area contributed by atoms with Crippen LogP contribution in [0.25, 0.3) is 0 Å². The fraction of sp³-hybridized carbons (Fsp3) is 0.400. The van der Waals surface area contributed by atoms with Gasteiger partial charge in [-0.05, 0) is 6.92 Å². The fourth-order valence-corrected chi connectivity index (χ4v) is 0.842. The van der Waals surface area contributed by atoms with E-state index in [4.69, 9.17) is 5.73 Å². The summed E-state index contributed by atoms with van der Waals surface area (Å²) >= 11 is 0. The van der Waals surface area contributed by atoms with Gasteiger partial charge in [0.1, 0.15) is 0 Å². The molecule has 1 unspecified atom stereocenters. The minimum absolute atomic E-state index is 0.542. The summed E-state index contributed by atoms with van der Waals surface area (Å²) in [6, 6.07) is 7.12. The molecule has 1 rings (SSSR count). The van der Waals surface area contributed by atoms with Crippen molar-refractivity contribution >= 4 is 0 Å². The van der Waals surface area contributed by atoms with E-state index in [1.807, 2.05) is 26.8 Å². The van der Waals surface area contributed by atoms with E-state index in [1.54, 1.807) is 18.2 Å². The first-order chi connectivity index (χ1) is 5.70. The lowest BCUT2D eigenvalue weighted by molar-refractivity contribution is 0.355. The largest absolute Gasteiger partial charge is 0.298 e. The maximum absolute atomic E-state index is 12.4. The maximum atomic E-state index is 12.4. The second-order valence-electron chi connectivity index (χ2n) is 2.32. The molecule has 2 heteroatoms. The fourth-order valence-electron chi connectivity index (χ4n) is 0.842. The van der Waals surface area contributed by atoms with E-state index in [-0.39, 0.29) is 0 Å². The van der Waals surface area contributed by atoms with E-state index in [1.165, 1.54) is 0 Å². The molecule has 2 N–H and O–H groups in total. The summed E-state index contributed by atoms with van der Waals surface area (Å²) in [4.78, 5) is 0. The van der Waals surface area contributed by atoms with Gasteiger partial charge in [-0.2, -0.15) is 0 Å². The van der Waals surface area contributed by atoms with E-state index in [0.29, 0.717) is 5.56 Å². The van der Waals surface area contributed by atoms with Crippen molar-refractivity contribution in [2.75, 3.05) is 0 Å². The van der Waals surface area contributed by atoms with Crippen molar-refractivity contribution < 1.29 is 4.39 Å². The van der Waals surface area contributed by atoms with Crippen LogP contribution < -0.4 is 5.73 Å². The van der Waals surface area contributed by atoms with Gasteiger partial charge < -0.3 is 0 Å². The minimum atomic E-state index is -1.35. The molecule has 0 aromatic heterocycles. The van der Waals surface area contributed by atoms with Crippen LogP contribution in [0.5, 0.6) is 0 Å². The van der Waals surface area contributed by atoms with Gasteiger partial charge in [-0.15, -0.1) is 0 Å². The van der Waals surface area contributed by atoms with Crippen LogP contribution in [0.1, 0.15) is 31.3 Å². The number of hydrogen-bond acceptors (Lipinski definition) is 1. The molecule has 0 spiro atoms. The van der Waals surface area contributed by atoms with Gasteiger partial charge in [0.15, 0.2) is 6.30 Å². The molecule has 0 saturated carbocycles. The Labute approximate surface area is 73.4 Å². The zero-order valence-electron chi connectivity index (χ0n) is 7.84. The molecule has 0 amide bonds. The zero-order valence-corrected chi connectivity index (χ0v) is 7.84. The topological polar surface area (TPSA) is 26.0 Å². The summed E-state index contributed by atoms with van der Waals surface area (Å²) < 4.78 is 12.4. The molecule has 12 heavy (non-hydrogen) atoms. The average molecular weight is 169 g/mol. The van der Waals surface area contributed by atoms with Gasteiger partial charge in [-0.1, -0.05) is 43.7 Å². The molecule has 1 aromatic carbocycles. The minimum Gasteiger partial charge on any atom is -0.298 e. The van der Waals surface area contributed by atoms with Gasteiger partial charge >= 0.3 is 0 Å². The van der Waals surface area contributed by atoms with E-state index >= 15 is 0 Å². The molecule has 1 aromatic rings. The lowest BCUT2D eigenvalue weighted by Crippen LogP contribution is -2.02. The smallest absolute Gasteiger partial charge is 0.174 e. The number of rotatable bonds is 1. The van der Waals surface area contributed by atoms with Crippen molar-refractivity contribution in [3.8, 4) is 0 Å². The monoisotopic (exact) mass is 169 g/mol. The van der Waals surface area contributed by atoms with Gasteiger partial charge in [-0.25, -0.2) is 4.39 Å². The molecule has 0 fully saturated rings. The highest BCUT2D eigenvalue weighted by Gasteiger charge is 2.00. The Morgan fingerprint density at radius 2 is 1.92 bits per heavy atom.